The molecule has 0 saturated carbocycles. The average molecular weight is 628 g/mol. The second-order valence-electron chi connectivity index (χ2n) is 9.96. The van der Waals surface area contributed by atoms with Gasteiger partial charge in [0.15, 0.2) is 0 Å². The first-order chi connectivity index (χ1) is 21.7. The van der Waals surface area contributed by atoms with Crippen LogP contribution in [-0.2, 0) is 22.6 Å². The highest BCUT2D eigenvalue weighted by molar-refractivity contribution is 7.08. The lowest BCUT2D eigenvalue weighted by Gasteiger charge is -2.11. The normalized spacial score (nSPS) is 11.4. The second kappa shape index (κ2) is 12.6. The van der Waals surface area contributed by atoms with Crippen molar-refractivity contribution in [3.8, 4) is 22.5 Å². The molecule has 0 aliphatic rings. The van der Waals surface area contributed by atoms with Crippen LogP contribution in [0.25, 0.3) is 28.0 Å². The molecule has 6 aromatic rings. The zero-order valence-corrected chi connectivity index (χ0v) is 24.2. The summed E-state index contributed by atoms with van der Waals surface area (Å²) in [5.74, 6) is -1.88. The summed E-state index contributed by atoms with van der Waals surface area (Å²) in [5, 5.41) is 16.6. The maximum Gasteiger partial charge on any atom is 0.471 e. The van der Waals surface area contributed by atoms with Gasteiger partial charge in [0.1, 0.15) is 5.69 Å². The van der Waals surface area contributed by atoms with Crippen LogP contribution in [0.1, 0.15) is 11.1 Å². The monoisotopic (exact) mass is 627 g/mol. The number of thiophene rings is 1. The molecular weight excluding hydrogens is 603 g/mol. The van der Waals surface area contributed by atoms with Gasteiger partial charge in [-0.25, -0.2) is 14.5 Å². The summed E-state index contributed by atoms with van der Waals surface area (Å²) in [6.07, 6.45) is -1.26. The molecule has 226 valence electrons. The molecule has 0 unspecified atom stereocenters. The third kappa shape index (κ3) is 6.99. The Morgan fingerprint density at radius 3 is 2.58 bits per heavy atom. The Morgan fingerprint density at radius 2 is 1.76 bits per heavy atom. The second-order valence-corrected chi connectivity index (χ2v) is 10.7. The van der Waals surface area contributed by atoms with Crippen molar-refractivity contribution < 1.29 is 22.8 Å². The molecule has 0 atom stereocenters. The van der Waals surface area contributed by atoms with Crippen molar-refractivity contribution in [3.63, 3.8) is 0 Å². The fraction of sp³-hybridized carbons (Fsp3) is 0.0938. The van der Waals surface area contributed by atoms with Crippen molar-refractivity contribution >= 4 is 46.0 Å². The van der Waals surface area contributed by atoms with E-state index < -0.39 is 12.1 Å². The van der Waals surface area contributed by atoms with Crippen molar-refractivity contribution in [2.75, 3.05) is 10.6 Å². The minimum Gasteiger partial charge on any atom is -0.344 e. The van der Waals surface area contributed by atoms with Crippen LogP contribution in [-0.4, -0.2) is 37.6 Å². The van der Waals surface area contributed by atoms with Gasteiger partial charge in [-0.15, -0.1) is 0 Å². The van der Waals surface area contributed by atoms with Gasteiger partial charge in [0.05, 0.1) is 23.2 Å². The first-order valence-corrected chi connectivity index (χ1v) is 14.6. The molecule has 45 heavy (non-hydrogen) atoms. The smallest absolute Gasteiger partial charge is 0.344 e. The minimum absolute atomic E-state index is 0.126. The molecule has 4 heterocycles. The highest BCUT2D eigenvalue weighted by atomic mass is 32.1. The van der Waals surface area contributed by atoms with Gasteiger partial charge in [0, 0.05) is 35.9 Å². The van der Waals surface area contributed by atoms with E-state index in [9.17, 15) is 22.8 Å². The third-order valence-corrected chi connectivity index (χ3v) is 7.44. The fourth-order valence-corrected chi connectivity index (χ4v) is 5.38. The van der Waals surface area contributed by atoms with Gasteiger partial charge < -0.3 is 16.0 Å². The molecule has 0 aliphatic heterocycles. The number of fused-ring (bicyclic) bond motifs is 1. The van der Waals surface area contributed by atoms with Crippen LogP contribution in [0.2, 0.25) is 0 Å². The Morgan fingerprint density at radius 1 is 0.911 bits per heavy atom. The SMILES string of the molecule is O=C(Cc1ccsc1)Nc1cccc(-c2nn3ccccc3c2-c2ccnc(Nc3cccc(CNC(=O)C(F)(F)F)c3)n2)c1. The molecule has 0 aliphatic carbocycles. The van der Waals surface area contributed by atoms with Crippen molar-refractivity contribution in [3.05, 3.63) is 113 Å². The summed E-state index contributed by atoms with van der Waals surface area (Å²) in [6, 6.07) is 23.4. The molecular formula is C32H24F3N7O2S. The van der Waals surface area contributed by atoms with E-state index in [1.54, 1.807) is 52.4 Å². The Kier molecular flexibility index (Phi) is 8.25. The van der Waals surface area contributed by atoms with E-state index in [-0.39, 0.29) is 24.8 Å². The van der Waals surface area contributed by atoms with E-state index in [1.807, 2.05) is 70.8 Å². The zero-order chi connectivity index (χ0) is 31.4. The van der Waals surface area contributed by atoms with E-state index in [0.29, 0.717) is 28.3 Å². The number of carbonyl (C=O) groups is 2. The van der Waals surface area contributed by atoms with Gasteiger partial charge in [-0.1, -0.05) is 30.3 Å². The number of halogens is 3. The first kappa shape index (κ1) is 29.5. The van der Waals surface area contributed by atoms with E-state index in [4.69, 9.17) is 10.1 Å². The Balaban J connectivity index is 1.27. The van der Waals surface area contributed by atoms with E-state index in [2.05, 4.69) is 15.6 Å². The summed E-state index contributed by atoms with van der Waals surface area (Å²) >= 11 is 1.54. The fourth-order valence-electron chi connectivity index (χ4n) is 4.71. The van der Waals surface area contributed by atoms with Crippen LogP contribution in [0.3, 0.4) is 0 Å². The number of aromatic nitrogens is 4. The number of nitrogens with zero attached hydrogens (tertiary/aromatic N) is 4. The number of benzene rings is 2. The number of alkyl halides is 3. The van der Waals surface area contributed by atoms with E-state index in [1.165, 1.54) is 0 Å². The van der Waals surface area contributed by atoms with Crippen molar-refractivity contribution in [2.24, 2.45) is 0 Å². The van der Waals surface area contributed by atoms with Crippen molar-refractivity contribution in [1.82, 2.24) is 24.9 Å². The minimum atomic E-state index is -4.96. The summed E-state index contributed by atoms with van der Waals surface area (Å²) in [6.45, 7) is -0.298. The van der Waals surface area contributed by atoms with Crippen LogP contribution < -0.4 is 16.0 Å². The maximum absolute atomic E-state index is 12.7. The molecule has 3 N–H and O–H groups in total. The van der Waals surface area contributed by atoms with Crippen LogP contribution in [0.4, 0.5) is 30.5 Å². The predicted molar refractivity (Wildman–Crippen MR) is 166 cm³/mol. The summed E-state index contributed by atoms with van der Waals surface area (Å²) in [4.78, 5) is 32.9. The van der Waals surface area contributed by atoms with Gasteiger partial charge in [0.2, 0.25) is 11.9 Å². The molecule has 0 spiro atoms. The standard InChI is InChI=1S/C32H24F3N7O2S/c33-32(34,35)30(44)37-18-20-5-3-7-23(15-20)39-31-36-12-10-25(40-31)28-26-9-1-2-13-42(26)41-29(28)22-6-4-8-24(17-22)38-27(43)16-21-11-14-45-19-21/h1-15,17,19H,16,18H2,(H,37,44)(H,38,43)(H,36,39,40). The molecule has 0 fully saturated rings. The van der Waals surface area contributed by atoms with Gasteiger partial charge in [-0.2, -0.15) is 29.6 Å². The lowest BCUT2D eigenvalue weighted by atomic mass is 10.0. The lowest BCUT2D eigenvalue weighted by molar-refractivity contribution is -0.173. The van der Waals surface area contributed by atoms with Crippen molar-refractivity contribution in [2.45, 2.75) is 19.1 Å². The van der Waals surface area contributed by atoms with Crippen LogP contribution in [0, 0.1) is 0 Å². The van der Waals surface area contributed by atoms with Crippen LogP contribution in [0.5, 0.6) is 0 Å². The predicted octanol–water partition coefficient (Wildman–Crippen LogP) is 6.62. The van der Waals surface area contributed by atoms with Crippen LogP contribution in [0.15, 0.2) is 102 Å². The quantitative estimate of drug-likeness (QED) is 0.166. The topological polar surface area (TPSA) is 113 Å². The molecule has 0 radical (unpaired) electrons. The van der Waals surface area contributed by atoms with E-state index in [0.717, 1.165) is 22.2 Å². The first-order valence-electron chi connectivity index (χ1n) is 13.7. The number of nitrogens with one attached hydrogen (secondary N) is 3. The Labute approximate surface area is 258 Å². The zero-order valence-electron chi connectivity index (χ0n) is 23.4. The third-order valence-electron chi connectivity index (χ3n) is 6.71. The average Bonchev–Trinajstić information content (AvgIpc) is 3.68. The summed E-state index contributed by atoms with van der Waals surface area (Å²) in [5.41, 5.74) is 6.09. The molecule has 4 aromatic heterocycles. The van der Waals surface area contributed by atoms with Gasteiger partial charge >= 0.3 is 12.1 Å². The lowest BCUT2D eigenvalue weighted by Crippen LogP contribution is -2.36. The highest BCUT2D eigenvalue weighted by Crippen LogP contribution is 2.35. The van der Waals surface area contributed by atoms with E-state index >= 15 is 0 Å². The number of amides is 2. The molecule has 2 amide bonds. The maximum atomic E-state index is 12.7. The molecule has 2 aromatic carbocycles. The molecule has 0 saturated heterocycles. The number of pyridine rings is 1. The van der Waals surface area contributed by atoms with Crippen LogP contribution >= 0.6 is 11.3 Å². The highest BCUT2D eigenvalue weighted by Gasteiger charge is 2.38. The number of carbonyl (C=O) groups excluding carboxylic acids is 2. The van der Waals surface area contributed by atoms with Gasteiger partial charge in [0.25, 0.3) is 0 Å². The number of hydrogen-bond acceptors (Lipinski definition) is 7. The molecule has 9 nitrogen and oxygen atoms in total. The Hall–Kier alpha value is -5.56. The van der Waals surface area contributed by atoms with Gasteiger partial charge in [-0.3, -0.25) is 9.59 Å². The molecule has 13 heteroatoms. The summed E-state index contributed by atoms with van der Waals surface area (Å²) in [7, 11) is 0. The summed E-state index contributed by atoms with van der Waals surface area (Å²) < 4.78 is 39.5. The van der Waals surface area contributed by atoms with Gasteiger partial charge in [-0.05, 0) is 70.4 Å². The Bertz CT molecular complexity index is 1990. The van der Waals surface area contributed by atoms with Crippen molar-refractivity contribution in [1.29, 1.82) is 0 Å². The molecule has 0 bridgehead atoms. The number of rotatable bonds is 9. The number of hydrogen-bond donors (Lipinski definition) is 3. The number of anilines is 3. The molecule has 6 rings (SSSR count). The largest absolute Gasteiger partial charge is 0.471 e.